The molecule has 1 saturated carbocycles. The fraction of sp³-hybridized carbons (Fsp3) is 0.318. The normalized spacial score (nSPS) is 16.9. The van der Waals surface area contributed by atoms with Gasteiger partial charge in [0.2, 0.25) is 5.91 Å². The zero-order chi connectivity index (χ0) is 17.1. The van der Waals surface area contributed by atoms with Crippen LogP contribution in [0.15, 0.2) is 48.5 Å². The number of nitrogens with zero attached hydrogens (tertiary/aromatic N) is 1. The smallest absolute Gasteiger partial charge is 0.245 e. The van der Waals surface area contributed by atoms with Crippen molar-refractivity contribution in [2.75, 3.05) is 11.4 Å². The van der Waals surface area contributed by atoms with Gasteiger partial charge in [-0.25, -0.2) is 0 Å². The molecule has 128 valence electrons. The summed E-state index contributed by atoms with van der Waals surface area (Å²) < 4.78 is 0. The zero-order valence-electron chi connectivity index (χ0n) is 14.4. The number of amides is 1. The highest BCUT2D eigenvalue weighted by Gasteiger charge is 2.24. The fourth-order valence-corrected chi connectivity index (χ4v) is 3.86. The number of hydrogen-bond acceptors (Lipinski definition) is 2. The van der Waals surface area contributed by atoms with Gasteiger partial charge in [-0.1, -0.05) is 67.8 Å². The number of nitrogens with one attached hydrogen (secondary N) is 1. The molecule has 2 aromatic carbocycles. The van der Waals surface area contributed by atoms with Crippen LogP contribution in [0, 0.1) is 0 Å². The van der Waals surface area contributed by atoms with Crippen molar-refractivity contribution in [3.8, 4) is 0 Å². The lowest BCUT2D eigenvalue weighted by molar-refractivity contribution is -0.117. The summed E-state index contributed by atoms with van der Waals surface area (Å²) in [5, 5.41) is 3.49. The van der Waals surface area contributed by atoms with Crippen LogP contribution in [-0.2, 0) is 4.79 Å². The Labute approximate surface area is 149 Å². The number of para-hydroxylation sites is 2. The molecule has 0 bridgehead atoms. The van der Waals surface area contributed by atoms with Crippen LogP contribution in [0.25, 0.3) is 12.2 Å². The van der Waals surface area contributed by atoms with E-state index in [1.807, 2.05) is 41.3 Å². The molecule has 1 N–H and O–H groups in total. The molecule has 1 fully saturated rings. The van der Waals surface area contributed by atoms with Crippen molar-refractivity contribution >= 4 is 29.4 Å². The van der Waals surface area contributed by atoms with Crippen molar-refractivity contribution < 1.29 is 4.79 Å². The molecule has 3 heteroatoms. The van der Waals surface area contributed by atoms with E-state index in [1.165, 1.54) is 32.1 Å². The molecule has 25 heavy (non-hydrogen) atoms. The molecular weight excluding hydrogens is 308 g/mol. The number of carbonyl (C=O) groups is 1. The fourth-order valence-electron chi connectivity index (χ4n) is 3.86. The lowest BCUT2D eigenvalue weighted by Gasteiger charge is -2.27. The first-order valence-electron chi connectivity index (χ1n) is 9.25. The lowest BCUT2D eigenvalue weighted by Crippen LogP contribution is -2.41. The van der Waals surface area contributed by atoms with Crippen molar-refractivity contribution in [2.24, 2.45) is 0 Å². The van der Waals surface area contributed by atoms with Gasteiger partial charge in [-0.05, 0) is 36.1 Å². The summed E-state index contributed by atoms with van der Waals surface area (Å²) in [6.45, 7) is 0.382. The van der Waals surface area contributed by atoms with E-state index in [0.29, 0.717) is 12.6 Å². The molecule has 0 aromatic heterocycles. The average Bonchev–Trinajstić information content (AvgIpc) is 2.84. The van der Waals surface area contributed by atoms with E-state index in [1.54, 1.807) is 0 Å². The number of fused-ring (bicyclic) bond motifs is 2. The second-order valence-corrected chi connectivity index (χ2v) is 6.90. The summed E-state index contributed by atoms with van der Waals surface area (Å²) in [6.07, 6.45) is 10.4. The van der Waals surface area contributed by atoms with E-state index in [-0.39, 0.29) is 5.91 Å². The van der Waals surface area contributed by atoms with Crippen LogP contribution in [0.3, 0.4) is 0 Å². The van der Waals surface area contributed by atoms with Gasteiger partial charge in [0.1, 0.15) is 0 Å². The van der Waals surface area contributed by atoms with Crippen LogP contribution in [0.5, 0.6) is 0 Å². The summed E-state index contributed by atoms with van der Waals surface area (Å²) in [6, 6.07) is 16.7. The summed E-state index contributed by atoms with van der Waals surface area (Å²) in [5.74, 6) is 0.106. The molecule has 1 heterocycles. The summed E-state index contributed by atoms with van der Waals surface area (Å²) in [5.41, 5.74) is 4.06. The SMILES string of the molecule is O=C(CNC1CCCCC1)N1c2ccccc2C=Cc2ccccc21. The van der Waals surface area contributed by atoms with Crippen LogP contribution >= 0.6 is 0 Å². The minimum absolute atomic E-state index is 0.106. The second-order valence-electron chi connectivity index (χ2n) is 6.90. The third-order valence-electron chi connectivity index (χ3n) is 5.19. The van der Waals surface area contributed by atoms with Crippen LogP contribution in [0.4, 0.5) is 11.4 Å². The van der Waals surface area contributed by atoms with Gasteiger partial charge in [0.05, 0.1) is 17.9 Å². The predicted octanol–water partition coefficient (Wildman–Crippen LogP) is 4.76. The number of carbonyl (C=O) groups excluding carboxylic acids is 1. The van der Waals surface area contributed by atoms with Crippen LogP contribution in [0.1, 0.15) is 43.2 Å². The molecule has 3 nitrogen and oxygen atoms in total. The molecule has 0 atom stereocenters. The second kappa shape index (κ2) is 7.24. The van der Waals surface area contributed by atoms with E-state index in [4.69, 9.17) is 0 Å². The van der Waals surface area contributed by atoms with Crippen molar-refractivity contribution in [1.82, 2.24) is 5.32 Å². The first-order valence-corrected chi connectivity index (χ1v) is 9.25. The van der Waals surface area contributed by atoms with E-state index in [0.717, 1.165) is 22.5 Å². The highest BCUT2D eigenvalue weighted by atomic mass is 16.2. The van der Waals surface area contributed by atoms with E-state index in [2.05, 4.69) is 29.6 Å². The van der Waals surface area contributed by atoms with Gasteiger partial charge < -0.3 is 5.32 Å². The van der Waals surface area contributed by atoms with Crippen LogP contribution < -0.4 is 10.2 Å². The molecule has 1 aliphatic carbocycles. The first kappa shape index (κ1) is 16.1. The van der Waals surface area contributed by atoms with E-state index >= 15 is 0 Å². The monoisotopic (exact) mass is 332 g/mol. The standard InChI is InChI=1S/C22H24N2O/c25-22(16-23-19-10-2-1-3-11-19)24-20-12-6-4-8-17(20)14-15-18-9-5-7-13-21(18)24/h4-9,12-15,19,23H,1-3,10-11,16H2. The first-order chi connectivity index (χ1) is 12.3. The highest BCUT2D eigenvalue weighted by Crippen LogP contribution is 2.36. The molecule has 4 rings (SSSR count). The molecule has 0 radical (unpaired) electrons. The Hall–Kier alpha value is -2.39. The van der Waals surface area contributed by atoms with Crippen molar-refractivity contribution in [3.05, 3.63) is 59.7 Å². The van der Waals surface area contributed by atoms with Gasteiger partial charge >= 0.3 is 0 Å². The molecule has 1 amide bonds. The molecule has 1 aliphatic heterocycles. The maximum Gasteiger partial charge on any atom is 0.245 e. The topological polar surface area (TPSA) is 32.3 Å². The minimum Gasteiger partial charge on any atom is -0.306 e. The maximum atomic E-state index is 13.2. The zero-order valence-corrected chi connectivity index (χ0v) is 14.4. The Morgan fingerprint density at radius 2 is 1.44 bits per heavy atom. The van der Waals surface area contributed by atoms with Crippen LogP contribution in [-0.4, -0.2) is 18.5 Å². The molecule has 0 saturated heterocycles. The Morgan fingerprint density at radius 3 is 2.04 bits per heavy atom. The molecule has 0 spiro atoms. The van der Waals surface area contributed by atoms with Crippen molar-refractivity contribution in [3.63, 3.8) is 0 Å². The van der Waals surface area contributed by atoms with Crippen LogP contribution in [0.2, 0.25) is 0 Å². The summed E-state index contributed by atoms with van der Waals surface area (Å²) in [7, 11) is 0. The molecular formula is C22H24N2O. The summed E-state index contributed by atoms with van der Waals surface area (Å²) >= 11 is 0. The van der Waals surface area contributed by atoms with Gasteiger partial charge in [0.15, 0.2) is 0 Å². The molecule has 0 unspecified atom stereocenters. The van der Waals surface area contributed by atoms with Crippen molar-refractivity contribution in [2.45, 2.75) is 38.1 Å². The molecule has 2 aromatic rings. The third kappa shape index (κ3) is 3.38. The Kier molecular flexibility index (Phi) is 4.66. The quantitative estimate of drug-likeness (QED) is 0.879. The summed E-state index contributed by atoms with van der Waals surface area (Å²) in [4.78, 5) is 15.0. The van der Waals surface area contributed by atoms with Gasteiger partial charge in [0, 0.05) is 6.04 Å². The predicted molar refractivity (Wildman–Crippen MR) is 104 cm³/mol. The highest BCUT2D eigenvalue weighted by molar-refractivity contribution is 6.07. The number of hydrogen-bond donors (Lipinski definition) is 1. The Morgan fingerprint density at radius 1 is 0.880 bits per heavy atom. The number of rotatable bonds is 3. The van der Waals surface area contributed by atoms with E-state index < -0.39 is 0 Å². The number of anilines is 2. The maximum absolute atomic E-state index is 13.2. The van der Waals surface area contributed by atoms with Gasteiger partial charge in [-0.3, -0.25) is 9.69 Å². The van der Waals surface area contributed by atoms with Crippen molar-refractivity contribution in [1.29, 1.82) is 0 Å². The Balaban J connectivity index is 1.63. The number of benzene rings is 2. The Bertz CT molecular complexity index is 741. The van der Waals surface area contributed by atoms with Gasteiger partial charge in [-0.2, -0.15) is 0 Å². The molecule has 2 aliphatic rings. The van der Waals surface area contributed by atoms with Gasteiger partial charge in [-0.15, -0.1) is 0 Å². The largest absolute Gasteiger partial charge is 0.306 e. The average molecular weight is 332 g/mol. The minimum atomic E-state index is 0.106. The lowest BCUT2D eigenvalue weighted by atomic mass is 9.95. The van der Waals surface area contributed by atoms with E-state index in [9.17, 15) is 4.79 Å². The third-order valence-corrected chi connectivity index (χ3v) is 5.19. The van der Waals surface area contributed by atoms with Gasteiger partial charge in [0.25, 0.3) is 0 Å².